The summed E-state index contributed by atoms with van der Waals surface area (Å²) in [6.07, 6.45) is 6.38. The lowest BCUT2D eigenvalue weighted by molar-refractivity contribution is -0.892. The first-order chi connectivity index (χ1) is 12.1. The maximum Gasteiger partial charge on any atom is 0.280 e. The van der Waals surface area contributed by atoms with Crippen LogP contribution >= 0.6 is 0 Å². The maximum atomic E-state index is 12.6. The van der Waals surface area contributed by atoms with Crippen molar-refractivity contribution in [2.75, 3.05) is 25.0 Å². The van der Waals surface area contributed by atoms with Gasteiger partial charge in [-0.25, -0.2) is 4.68 Å². The van der Waals surface area contributed by atoms with Crippen molar-refractivity contribution in [1.29, 1.82) is 0 Å². The predicted molar refractivity (Wildman–Crippen MR) is 100 cm³/mol. The Kier molecular flexibility index (Phi) is 5.87. The van der Waals surface area contributed by atoms with Gasteiger partial charge >= 0.3 is 0 Å². The Bertz CT molecular complexity index is 697. The standard InChI is InChI=1S/C20H28N4O/c1-16-8-10-18(11-9-16)24-19(14-17(2)22-24)21-20(25)15-23-12-6-4-3-5-7-13-23/h8-11,14H,3-7,12-13,15H2,1-2H3,(H,21,25)/p+1. The summed E-state index contributed by atoms with van der Waals surface area (Å²) in [4.78, 5) is 14.0. The van der Waals surface area contributed by atoms with Crippen molar-refractivity contribution < 1.29 is 9.69 Å². The van der Waals surface area contributed by atoms with E-state index in [0.29, 0.717) is 6.54 Å². The van der Waals surface area contributed by atoms with Crippen molar-refractivity contribution in [2.24, 2.45) is 0 Å². The number of nitrogens with one attached hydrogen (secondary N) is 2. The fourth-order valence-corrected chi connectivity index (χ4v) is 3.47. The number of hydrogen-bond acceptors (Lipinski definition) is 2. The Morgan fingerprint density at radius 1 is 1.08 bits per heavy atom. The highest BCUT2D eigenvalue weighted by Gasteiger charge is 2.17. The zero-order chi connectivity index (χ0) is 17.6. The van der Waals surface area contributed by atoms with Crippen LogP contribution in [-0.4, -0.2) is 35.3 Å². The van der Waals surface area contributed by atoms with Crippen LogP contribution < -0.4 is 10.2 Å². The lowest BCUT2D eigenvalue weighted by Crippen LogP contribution is -3.13. The molecule has 0 radical (unpaired) electrons. The summed E-state index contributed by atoms with van der Waals surface area (Å²) in [5.74, 6) is 0.821. The third-order valence-electron chi connectivity index (χ3n) is 4.85. The molecule has 1 aromatic carbocycles. The van der Waals surface area contributed by atoms with E-state index in [-0.39, 0.29) is 5.91 Å². The number of carbonyl (C=O) groups is 1. The molecule has 1 fully saturated rings. The van der Waals surface area contributed by atoms with E-state index in [1.165, 1.54) is 42.6 Å². The zero-order valence-electron chi connectivity index (χ0n) is 15.3. The lowest BCUT2D eigenvalue weighted by atomic mass is 10.1. The minimum atomic E-state index is 0.0730. The molecule has 5 nitrogen and oxygen atoms in total. The van der Waals surface area contributed by atoms with E-state index in [2.05, 4.69) is 29.5 Å². The molecule has 134 valence electrons. The van der Waals surface area contributed by atoms with Gasteiger partial charge in [0.1, 0.15) is 5.82 Å². The van der Waals surface area contributed by atoms with Crippen LogP contribution in [0, 0.1) is 13.8 Å². The number of rotatable bonds is 4. The summed E-state index contributed by atoms with van der Waals surface area (Å²) in [5.41, 5.74) is 3.07. The maximum absolute atomic E-state index is 12.6. The zero-order valence-corrected chi connectivity index (χ0v) is 15.3. The van der Waals surface area contributed by atoms with Crippen LogP contribution in [0.3, 0.4) is 0 Å². The number of benzene rings is 1. The molecule has 2 N–H and O–H groups in total. The van der Waals surface area contributed by atoms with E-state index in [4.69, 9.17) is 0 Å². The summed E-state index contributed by atoms with van der Waals surface area (Å²) in [6.45, 7) is 6.75. The Balaban J connectivity index is 1.67. The van der Waals surface area contributed by atoms with E-state index < -0.39 is 0 Å². The molecule has 1 aliphatic rings. The largest absolute Gasteiger partial charge is 0.327 e. The van der Waals surface area contributed by atoms with Gasteiger partial charge in [0.25, 0.3) is 5.91 Å². The molecule has 0 atom stereocenters. The molecule has 0 spiro atoms. The predicted octanol–water partition coefficient (Wildman–Crippen LogP) is 2.28. The molecule has 0 aliphatic carbocycles. The Labute approximate surface area is 150 Å². The van der Waals surface area contributed by atoms with Gasteiger partial charge in [0, 0.05) is 6.07 Å². The average molecular weight is 341 g/mol. The van der Waals surface area contributed by atoms with Crippen molar-refractivity contribution in [2.45, 2.75) is 46.0 Å². The number of carbonyl (C=O) groups excluding carboxylic acids is 1. The normalized spacial score (nSPS) is 16.2. The lowest BCUT2D eigenvalue weighted by Gasteiger charge is -2.21. The molecule has 3 rings (SSSR count). The molecule has 2 heterocycles. The van der Waals surface area contributed by atoms with Crippen LogP contribution in [0.25, 0.3) is 5.69 Å². The molecule has 1 aromatic heterocycles. The summed E-state index contributed by atoms with van der Waals surface area (Å²) in [7, 11) is 0. The van der Waals surface area contributed by atoms with Gasteiger partial charge in [-0.15, -0.1) is 0 Å². The number of aromatic nitrogens is 2. The molecule has 1 amide bonds. The number of aryl methyl sites for hydroxylation is 2. The van der Waals surface area contributed by atoms with Crippen molar-refractivity contribution in [3.8, 4) is 5.69 Å². The molecule has 0 saturated carbocycles. The first kappa shape index (κ1) is 17.7. The fourth-order valence-electron chi connectivity index (χ4n) is 3.47. The molecule has 5 heteroatoms. The number of quaternary nitrogens is 1. The van der Waals surface area contributed by atoms with Crippen molar-refractivity contribution in [3.63, 3.8) is 0 Å². The van der Waals surface area contributed by atoms with Crippen molar-refractivity contribution in [3.05, 3.63) is 41.6 Å². The van der Waals surface area contributed by atoms with Gasteiger partial charge in [-0.2, -0.15) is 5.10 Å². The van der Waals surface area contributed by atoms with Gasteiger partial charge in [-0.3, -0.25) is 4.79 Å². The highest BCUT2D eigenvalue weighted by Crippen LogP contribution is 2.17. The minimum Gasteiger partial charge on any atom is -0.327 e. The van der Waals surface area contributed by atoms with Gasteiger partial charge in [-0.05, 0) is 51.7 Å². The third kappa shape index (κ3) is 4.92. The van der Waals surface area contributed by atoms with Gasteiger partial charge in [-0.1, -0.05) is 24.1 Å². The van der Waals surface area contributed by atoms with Gasteiger partial charge in [0.15, 0.2) is 6.54 Å². The monoisotopic (exact) mass is 341 g/mol. The molecule has 2 aromatic rings. The summed E-state index contributed by atoms with van der Waals surface area (Å²) >= 11 is 0. The Hall–Kier alpha value is -2.14. The number of likely N-dealkylation sites (tertiary alicyclic amines) is 1. The van der Waals surface area contributed by atoms with Crippen LogP contribution in [0.5, 0.6) is 0 Å². The number of anilines is 1. The number of hydrogen-bond donors (Lipinski definition) is 2. The van der Waals surface area contributed by atoms with Crippen LogP contribution in [0.4, 0.5) is 5.82 Å². The molecular weight excluding hydrogens is 312 g/mol. The smallest absolute Gasteiger partial charge is 0.280 e. The van der Waals surface area contributed by atoms with Crippen LogP contribution in [-0.2, 0) is 4.79 Å². The van der Waals surface area contributed by atoms with Gasteiger partial charge < -0.3 is 10.2 Å². The van der Waals surface area contributed by atoms with E-state index in [0.717, 1.165) is 30.3 Å². The van der Waals surface area contributed by atoms with Crippen LogP contribution in [0.15, 0.2) is 30.3 Å². The first-order valence-electron chi connectivity index (χ1n) is 9.39. The highest BCUT2D eigenvalue weighted by molar-refractivity contribution is 5.91. The molecular formula is C20H29N4O+. The molecule has 25 heavy (non-hydrogen) atoms. The van der Waals surface area contributed by atoms with E-state index in [1.807, 2.05) is 29.8 Å². The summed E-state index contributed by atoms with van der Waals surface area (Å²) in [5, 5.41) is 7.60. The highest BCUT2D eigenvalue weighted by atomic mass is 16.2. The topological polar surface area (TPSA) is 51.4 Å². The summed E-state index contributed by atoms with van der Waals surface area (Å²) in [6, 6.07) is 10.1. The van der Waals surface area contributed by atoms with Crippen molar-refractivity contribution >= 4 is 11.7 Å². The fraction of sp³-hybridized carbons (Fsp3) is 0.500. The second-order valence-corrected chi connectivity index (χ2v) is 7.16. The molecule has 1 aliphatic heterocycles. The van der Waals surface area contributed by atoms with E-state index in [9.17, 15) is 4.79 Å². The Morgan fingerprint density at radius 3 is 2.40 bits per heavy atom. The first-order valence-corrected chi connectivity index (χ1v) is 9.39. The number of amides is 1. The summed E-state index contributed by atoms with van der Waals surface area (Å²) < 4.78 is 1.81. The van der Waals surface area contributed by atoms with E-state index in [1.54, 1.807) is 0 Å². The number of nitrogens with zero attached hydrogens (tertiary/aromatic N) is 2. The SMILES string of the molecule is Cc1ccc(-n2nc(C)cc2NC(=O)C[NH+]2CCCCCCC2)cc1. The molecule has 0 unspecified atom stereocenters. The Morgan fingerprint density at radius 2 is 1.72 bits per heavy atom. The molecule has 1 saturated heterocycles. The quantitative estimate of drug-likeness (QED) is 0.896. The van der Waals surface area contributed by atoms with E-state index >= 15 is 0 Å². The molecule has 0 bridgehead atoms. The van der Waals surface area contributed by atoms with Crippen LogP contribution in [0.1, 0.15) is 43.4 Å². The second kappa shape index (κ2) is 8.30. The second-order valence-electron chi connectivity index (χ2n) is 7.16. The van der Waals surface area contributed by atoms with Gasteiger partial charge in [0.2, 0.25) is 0 Å². The van der Waals surface area contributed by atoms with Crippen molar-refractivity contribution in [1.82, 2.24) is 9.78 Å². The van der Waals surface area contributed by atoms with Crippen LogP contribution in [0.2, 0.25) is 0 Å². The average Bonchev–Trinajstić information content (AvgIpc) is 2.91. The third-order valence-corrected chi connectivity index (χ3v) is 4.85. The minimum absolute atomic E-state index is 0.0730. The van der Waals surface area contributed by atoms with Gasteiger partial charge in [0.05, 0.1) is 24.5 Å².